The van der Waals surface area contributed by atoms with Gasteiger partial charge in [-0.2, -0.15) is 0 Å². The lowest BCUT2D eigenvalue weighted by molar-refractivity contribution is 0.263. The van der Waals surface area contributed by atoms with Crippen LogP contribution >= 0.6 is 15.9 Å². The molecule has 6 heteroatoms. The minimum Gasteiger partial charge on any atom is -0.496 e. The molecule has 0 aromatic heterocycles. The zero-order chi connectivity index (χ0) is 15.6. The molecule has 1 rings (SSSR count). The monoisotopic (exact) mass is 363 g/mol. The maximum absolute atomic E-state index is 12.2. The van der Waals surface area contributed by atoms with Crippen molar-refractivity contribution in [2.24, 2.45) is 11.3 Å². The average molecular weight is 364 g/mol. The summed E-state index contributed by atoms with van der Waals surface area (Å²) in [6.07, 6.45) is 0. The van der Waals surface area contributed by atoms with Crippen LogP contribution in [0.5, 0.6) is 5.75 Å². The smallest absolute Gasteiger partial charge is 0.240 e. The molecule has 0 fully saturated rings. The Labute approximate surface area is 130 Å². The summed E-state index contributed by atoms with van der Waals surface area (Å²) in [4.78, 5) is 0.228. The van der Waals surface area contributed by atoms with Gasteiger partial charge in [-0.25, -0.2) is 13.1 Å². The fraction of sp³-hybridized carbons (Fsp3) is 0.571. The lowest BCUT2D eigenvalue weighted by Gasteiger charge is -2.27. The van der Waals surface area contributed by atoms with Gasteiger partial charge in [-0.05, 0) is 45.5 Å². The Kier molecular flexibility index (Phi) is 5.63. The number of nitrogens with one attached hydrogen (secondary N) is 1. The molecule has 0 aliphatic rings. The highest BCUT2D eigenvalue weighted by atomic mass is 79.9. The van der Waals surface area contributed by atoms with Crippen LogP contribution < -0.4 is 9.46 Å². The predicted molar refractivity (Wildman–Crippen MR) is 84.5 cm³/mol. The first kappa shape index (κ1) is 17.5. The van der Waals surface area contributed by atoms with Crippen molar-refractivity contribution in [1.82, 2.24) is 4.72 Å². The van der Waals surface area contributed by atoms with Crippen molar-refractivity contribution in [3.8, 4) is 5.75 Å². The van der Waals surface area contributed by atoms with Gasteiger partial charge in [0.15, 0.2) is 0 Å². The Hall–Kier alpha value is -0.590. The quantitative estimate of drug-likeness (QED) is 0.871. The van der Waals surface area contributed by atoms with Gasteiger partial charge >= 0.3 is 0 Å². The largest absolute Gasteiger partial charge is 0.496 e. The van der Waals surface area contributed by atoms with Crippen LogP contribution in [0.3, 0.4) is 0 Å². The zero-order valence-electron chi connectivity index (χ0n) is 12.5. The second kappa shape index (κ2) is 6.45. The summed E-state index contributed by atoms with van der Waals surface area (Å²) in [6, 6.07) is 4.71. The highest BCUT2D eigenvalue weighted by Crippen LogP contribution is 2.28. The predicted octanol–water partition coefficient (Wildman–Crippen LogP) is 3.42. The SMILES string of the molecule is COc1ccc(S(=O)(=O)NCC(C)C(C)(C)C)cc1Br. The molecule has 0 heterocycles. The number of benzene rings is 1. The van der Waals surface area contributed by atoms with Crippen LogP contribution in [0.2, 0.25) is 0 Å². The molecule has 114 valence electrons. The van der Waals surface area contributed by atoms with Crippen molar-refractivity contribution in [3.63, 3.8) is 0 Å². The first-order valence-corrected chi connectivity index (χ1v) is 8.68. The molecule has 0 radical (unpaired) electrons. The number of methoxy groups -OCH3 is 1. The number of halogens is 1. The molecule has 1 N–H and O–H groups in total. The molecular weight excluding hydrogens is 342 g/mol. The van der Waals surface area contributed by atoms with E-state index in [1.807, 2.05) is 6.92 Å². The van der Waals surface area contributed by atoms with Crippen LogP contribution in [0.15, 0.2) is 27.6 Å². The number of rotatable bonds is 5. The Bertz CT molecular complexity index is 564. The molecule has 0 aliphatic heterocycles. The van der Waals surface area contributed by atoms with Crippen molar-refractivity contribution in [2.45, 2.75) is 32.6 Å². The normalized spacial score (nSPS) is 14.1. The van der Waals surface area contributed by atoms with Crippen molar-refractivity contribution < 1.29 is 13.2 Å². The summed E-state index contributed by atoms with van der Waals surface area (Å²) in [6.45, 7) is 8.73. The Morgan fingerprint density at radius 3 is 2.40 bits per heavy atom. The standard InChI is InChI=1S/C14H22BrNO3S/c1-10(14(2,3)4)9-16-20(17,18)11-6-7-13(19-5)12(15)8-11/h6-8,10,16H,9H2,1-5H3. The zero-order valence-corrected chi connectivity index (χ0v) is 14.9. The van der Waals surface area contributed by atoms with E-state index in [0.29, 0.717) is 16.8 Å². The van der Waals surface area contributed by atoms with Crippen LogP contribution in [0.1, 0.15) is 27.7 Å². The molecule has 1 aromatic carbocycles. The highest BCUT2D eigenvalue weighted by molar-refractivity contribution is 9.10. The van der Waals surface area contributed by atoms with Gasteiger partial charge in [0.05, 0.1) is 16.5 Å². The molecule has 0 spiro atoms. The topological polar surface area (TPSA) is 55.4 Å². The molecule has 1 unspecified atom stereocenters. The van der Waals surface area contributed by atoms with Crippen molar-refractivity contribution in [3.05, 3.63) is 22.7 Å². The molecule has 0 bridgehead atoms. The van der Waals surface area contributed by atoms with Gasteiger partial charge in [0.2, 0.25) is 10.0 Å². The molecule has 1 atom stereocenters. The Morgan fingerprint density at radius 1 is 1.35 bits per heavy atom. The van der Waals surface area contributed by atoms with Crippen LogP contribution in [0, 0.1) is 11.3 Å². The number of hydrogen-bond donors (Lipinski definition) is 1. The van der Waals surface area contributed by atoms with E-state index in [1.165, 1.54) is 13.2 Å². The van der Waals surface area contributed by atoms with Gasteiger partial charge in [0.25, 0.3) is 0 Å². The van der Waals surface area contributed by atoms with Gasteiger partial charge in [0.1, 0.15) is 5.75 Å². The van der Waals surface area contributed by atoms with Crippen molar-refractivity contribution in [2.75, 3.05) is 13.7 Å². The molecule has 4 nitrogen and oxygen atoms in total. The number of hydrogen-bond acceptors (Lipinski definition) is 3. The molecule has 0 aliphatic carbocycles. The van der Waals surface area contributed by atoms with E-state index < -0.39 is 10.0 Å². The molecule has 20 heavy (non-hydrogen) atoms. The van der Waals surface area contributed by atoms with Gasteiger partial charge in [0, 0.05) is 6.54 Å². The van der Waals surface area contributed by atoms with Crippen molar-refractivity contribution in [1.29, 1.82) is 0 Å². The van der Waals surface area contributed by atoms with E-state index in [0.717, 1.165) is 0 Å². The Balaban J connectivity index is 2.87. The first-order valence-electron chi connectivity index (χ1n) is 6.41. The summed E-state index contributed by atoms with van der Waals surface area (Å²) < 4.78 is 32.9. The summed E-state index contributed by atoms with van der Waals surface area (Å²) in [5.41, 5.74) is 0.0585. The van der Waals surface area contributed by atoms with E-state index in [2.05, 4.69) is 41.4 Å². The fourth-order valence-corrected chi connectivity index (χ4v) is 3.29. The molecule has 0 saturated carbocycles. The molecule has 0 saturated heterocycles. The first-order chi connectivity index (χ1) is 9.08. The van der Waals surface area contributed by atoms with Gasteiger partial charge < -0.3 is 4.74 Å². The third-order valence-corrected chi connectivity index (χ3v) is 5.53. The van der Waals surface area contributed by atoms with E-state index in [4.69, 9.17) is 4.74 Å². The number of sulfonamides is 1. The van der Waals surface area contributed by atoms with Gasteiger partial charge in [-0.15, -0.1) is 0 Å². The lowest BCUT2D eigenvalue weighted by atomic mass is 9.82. The van der Waals surface area contributed by atoms with Crippen LogP contribution in [-0.2, 0) is 10.0 Å². The summed E-state index contributed by atoms with van der Waals surface area (Å²) >= 11 is 3.29. The molecule has 1 aromatic rings. The third-order valence-electron chi connectivity index (χ3n) is 3.49. The van der Waals surface area contributed by atoms with Crippen molar-refractivity contribution >= 4 is 26.0 Å². The lowest BCUT2D eigenvalue weighted by Crippen LogP contribution is -2.33. The second-order valence-corrected chi connectivity index (χ2v) is 8.54. The maximum atomic E-state index is 12.2. The van der Waals surface area contributed by atoms with Gasteiger partial charge in [-0.3, -0.25) is 0 Å². The van der Waals surface area contributed by atoms with Crippen LogP contribution in [0.4, 0.5) is 0 Å². The van der Waals surface area contributed by atoms with Gasteiger partial charge in [-0.1, -0.05) is 27.7 Å². The minimum atomic E-state index is -3.50. The van der Waals surface area contributed by atoms with E-state index in [1.54, 1.807) is 12.1 Å². The van der Waals surface area contributed by atoms with Crippen LogP contribution in [-0.4, -0.2) is 22.1 Å². The van der Waals surface area contributed by atoms with E-state index >= 15 is 0 Å². The second-order valence-electron chi connectivity index (χ2n) is 5.92. The van der Waals surface area contributed by atoms with E-state index in [9.17, 15) is 8.42 Å². The average Bonchev–Trinajstić information content (AvgIpc) is 2.34. The highest BCUT2D eigenvalue weighted by Gasteiger charge is 2.23. The van der Waals surface area contributed by atoms with E-state index in [-0.39, 0.29) is 16.2 Å². The summed E-state index contributed by atoms with van der Waals surface area (Å²) in [5.74, 6) is 0.839. The summed E-state index contributed by atoms with van der Waals surface area (Å²) in [5, 5.41) is 0. The third kappa shape index (κ3) is 4.46. The fourth-order valence-electron chi connectivity index (χ4n) is 1.44. The maximum Gasteiger partial charge on any atom is 0.240 e. The summed E-state index contributed by atoms with van der Waals surface area (Å²) in [7, 11) is -1.96. The molecule has 0 amide bonds. The van der Waals surface area contributed by atoms with Crippen LogP contribution in [0.25, 0.3) is 0 Å². The minimum absolute atomic E-state index is 0.0585. The molecular formula is C14H22BrNO3S. The Morgan fingerprint density at radius 2 is 1.95 bits per heavy atom. The number of ether oxygens (including phenoxy) is 1.